The Bertz CT molecular complexity index is 1430. The van der Waals surface area contributed by atoms with Gasteiger partial charge in [-0.3, -0.25) is 10.1 Å². The van der Waals surface area contributed by atoms with E-state index in [2.05, 4.69) is 14.5 Å². The molecule has 1 atom stereocenters. The number of hydrogen-bond donors (Lipinski definition) is 0. The highest BCUT2D eigenvalue weighted by atomic mass is 32.2. The number of thioether (sulfide) groups is 1. The number of aromatic nitrogens is 4. The van der Waals surface area contributed by atoms with Crippen molar-refractivity contribution in [3.63, 3.8) is 0 Å². The second-order valence-corrected chi connectivity index (χ2v) is 9.77. The normalized spacial score (nSPS) is 17.0. The van der Waals surface area contributed by atoms with Crippen molar-refractivity contribution >= 4 is 23.4 Å². The Labute approximate surface area is 217 Å². The van der Waals surface area contributed by atoms with Crippen LogP contribution in [-0.4, -0.2) is 62.6 Å². The van der Waals surface area contributed by atoms with Gasteiger partial charge in [-0.25, -0.2) is 15.0 Å². The smallest absolute Gasteiger partial charge is 0.270 e. The fourth-order valence-corrected chi connectivity index (χ4v) is 5.50. The molecule has 0 amide bonds. The maximum absolute atomic E-state index is 11.4. The molecule has 10 nitrogen and oxygen atoms in total. The largest absolute Gasteiger partial charge is 0.491 e. The van der Waals surface area contributed by atoms with E-state index in [4.69, 9.17) is 19.4 Å². The lowest BCUT2D eigenvalue weighted by atomic mass is 10.1. The number of nitrogens with zero attached hydrogens (tertiary/aromatic N) is 6. The van der Waals surface area contributed by atoms with Gasteiger partial charge in [-0.2, -0.15) is 0 Å². The van der Waals surface area contributed by atoms with Gasteiger partial charge < -0.3 is 18.9 Å². The number of nitro groups is 1. The maximum Gasteiger partial charge on any atom is 0.270 e. The highest BCUT2D eigenvalue weighted by molar-refractivity contribution is 7.99. The van der Waals surface area contributed by atoms with Gasteiger partial charge in [0.15, 0.2) is 5.16 Å². The van der Waals surface area contributed by atoms with Gasteiger partial charge >= 0.3 is 0 Å². The Balaban J connectivity index is 1.28. The number of non-ortho nitro benzene ring substituents is 1. The Morgan fingerprint density at radius 3 is 2.86 bits per heavy atom. The second-order valence-electron chi connectivity index (χ2n) is 8.70. The first-order chi connectivity index (χ1) is 18.2. The number of rotatable bonds is 7. The monoisotopic (exact) mass is 516 g/mol. The van der Waals surface area contributed by atoms with E-state index in [1.807, 2.05) is 42.5 Å². The van der Waals surface area contributed by atoms with Crippen LogP contribution in [0.5, 0.6) is 5.75 Å². The van der Waals surface area contributed by atoms with Gasteiger partial charge in [0.2, 0.25) is 5.95 Å². The predicted octanol–water partition coefficient (Wildman–Crippen LogP) is 4.31. The summed E-state index contributed by atoms with van der Waals surface area (Å²) in [6.45, 7) is 3.06. The first kappa shape index (κ1) is 23.4. The van der Waals surface area contributed by atoms with Gasteiger partial charge in [0.1, 0.15) is 18.5 Å². The van der Waals surface area contributed by atoms with Crippen molar-refractivity contribution in [1.82, 2.24) is 19.5 Å². The summed E-state index contributed by atoms with van der Waals surface area (Å²) in [6, 6.07) is 18.1. The number of morpholine rings is 1. The Morgan fingerprint density at radius 2 is 2.00 bits per heavy atom. The number of ether oxygens (including phenoxy) is 2. The van der Waals surface area contributed by atoms with Crippen LogP contribution in [0, 0.1) is 10.1 Å². The van der Waals surface area contributed by atoms with Crippen LogP contribution in [0.1, 0.15) is 0 Å². The number of nitro benzene ring substituents is 1. The van der Waals surface area contributed by atoms with Gasteiger partial charge in [0, 0.05) is 42.7 Å². The summed E-state index contributed by atoms with van der Waals surface area (Å²) >= 11 is 1.67. The number of fused-ring (bicyclic) bond motifs is 1. The topological polar surface area (TPSA) is 108 Å². The molecule has 0 N–H and O–H groups in total. The number of imidazole rings is 1. The van der Waals surface area contributed by atoms with E-state index in [1.54, 1.807) is 30.1 Å². The van der Waals surface area contributed by atoms with Crippen LogP contribution in [0.2, 0.25) is 0 Å². The summed E-state index contributed by atoms with van der Waals surface area (Å²) in [6.07, 6.45) is 1.64. The molecule has 1 fully saturated rings. The molecule has 11 heteroatoms. The van der Waals surface area contributed by atoms with Crippen molar-refractivity contribution in [1.29, 1.82) is 0 Å². The number of hydrogen-bond acceptors (Lipinski definition) is 9. The summed E-state index contributed by atoms with van der Waals surface area (Å²) in [5, 5.41) is 12.3. The van der Waals surface area contributed by atoms with Gasteiger partial charge in [-0.15, -0.1) is 0 Å². The summed E-state index contributed by atoms with van der Waals surface area (Å²) in [7, 11) is 0. The van der Waals surface area contributed by atoms with E-state index in [-0.39, 0.29) is 16.7 Å². The molecular formula is C26H24N6O4S. The van der Waals surface area contributed by atoms with Crippen molar-refractivity contribution in [2.45, 2.75) is 17.8 Å². The predicted molar refractivity (Wildman–Crippen MR) is 140 cm³/mol. The minimum Gasteiger partial charge on any atom is -0.491 e. The van der Waals surface area contributed by atoms with Crippen LogP contribution in [0.3, 0.4) is 0 Å². The van der Waals surface area contributed by atoms with E-state index in [9.17, 15) is 10.1 Å². The number of para-hydroxylation sites is 1. The summed E-state index contributed by atoms with van der Waals surface area (Å²) in [5.74, 6) is 2.34. The molecule has 6 rings (SSSR count). The standard InChI is InChI=1S/C26H24N6O4S/c33-32(34)19-6-4-5-18(15-19)23-24(31-12-14-37-26(31)29-23)22-9-10-27-25(28-22)30-11-13-35-21(16-30)17-36-20-7-2-1-3-8-20/h1-10,15,21H,11-14,16-17H2/t21-/m0/s1. The van der Waals surface area contributed by atoms with Crippen molar-refractivity contribution in [2.75, 3.05) is 37.0 Å². The molecule has 4 aromatic rings. The third kappa shape index (κ3) is 4.87. The average Bonchev–Trinajstić information content (AvgIpc) is 3.55. The van der Waals surface area contributed by atoms with Crippen LogP contribution in [0.25, 0.3) is 22.6 Å². The van der Waals surface area contributed by atoms with Crippen molar-refractivity contribution in [3.8, 4) is 28.4 Å². The molecule has 1 saturated heterocycles. The first-order valence-electron chi connectivity index (χ1n) is 12.0. The Hall–Kier alpha value is -3.96. The quantitative estimate of drug-likeness (QED) is 0.262. The summed E-state index contributed by atoms with van der Waals surface area (Å²) in [5.41, 5.74) is 2.99. The maximum atomic E-state index is 11.4. The zero-order valence-electron chi connectivity index (χ0n) is 19.9. The minimum absolute atomic E-state index is 0.0321. The van der Waals surface area contributed by atoms with Gasteiger partial charge in [-0.1, -0.05) is 42.1 Å². The third-order valence-electron chi connectivity index (χ3n) is 6.30. The van der Waals surface area contributed by atoms with Crippen LogP contribution >= 0.6 is 11.8 Å². The van der Waals surface area contributed by atoms with E-state index < -0.39 is 0 Å². The van der Waals surface area contributed by atoms with Crippen molar-refractivity contribution < 1.29 is 14.4 Å². The van der Waals surface area contributed by atoms with E-state index in [0.29, 0.717) is 43.5 Å². The van der Waals surface area contributed by atoms with Crippen LogP contribution in [0.15, 0.2) is 72.0 Å². The van der Waals surface area contributed by atoms with Crippen LogP contribution in [-0.2, 0) is 11.3 Å². The van der Waals surface area contributed by atoms with Crippen LogP contribution < -0.4 is 9.64 Å². The molecular weight excluding hydrogens is 492 g/mol. The molecule has 188 valence electrons. The zero-order valence-corrected chi connectivity index (χ0v) is 20.7. The van der Waals surface area contributed by atoms with Crippen molar-refractivity contribution in [2.24, 2.45) is 0 Å². The van der Waals surface area contributed by atoms with Crippen LogP contribution in [0.4, 0.5) is 11.6 Å². The lowest BCUT2D eigenvalue weighted by Crippen LogP contribution is -2.45. The molecule has 0 saturated carbocycles. The fraction of sp³-hybridized carbons (Fsp3) is 0.269. The molecule has 4 heterocycles. The molecule has 2 aromatic carbocycles. The second kappa shape index (κ2) is 10.2. The summed E-state index contributed by atoms with van der Waals surface area (Å²) in [4.78, 5) is 27.4. The van der Waals surface area contributed by atoms with E-state index in [0.717, 1.165) is 34.6 Å². The highest BCUT2D eigenvalue weighted by Gasteiger charge is 2.27. The molecule has 0 radical (unpaired) electrons. The van der Waals surface area contributed by atoms with Gasteiger partial charge in [-0.05, 0) is 18.2 Å². The Kier molecular flexibility index (Phi) is 6.46. The zero-order chi connectivity index (χ0) is 25.2. The lowest BCUT2D eigenvalue weighted by Gasteiger charge is -2.32. The molecule has 2 aliphatic heterocycles. The molecule has 2 aliphatic rings. The number of anilines is 1. The number of benzene rings is 2. The first-order valence-corrected chi connectivity index (χ1v) is 13.0. The lowest BCUT2D eigenvalue weighted by molar-refractivity contribution is -0.384. The SMILES string of the molecule is O=[N+]([O-])c1cccc(-c2nc3n(c2-c2ccnc(N4CCO[C@H](COc5ccccc5)C4)n2)CCS3)c1. The minimum atomic E-state index is -0.388. The van der Waals surface area contributed by atoms with E-state index >= 15 is 0 Å². The molecule has 0 bridgehead atoms. The Morgan fingerprint density at radius 1 is 1.11 bits per heavy atom. The molecule has 37 heavy (non-hydrogen) atoms. The third-order valence-corrected chi connectivity index (χ3v) is 7.25. The fourth-order valence-electron chi connectivity index (χ4n) is 4.55. The van der Waals surface area contributed by atoms with Gasteiger partial charge in [0.25, 0.3) is 5.69 Å². The highest BCUT2D eigenvalue weighted by Crippen LogP contribution is 2.39. The molecule has 0 unspecified atom stereocenters. The summed E-state index contributed by atoms with van der Waals surface area (Å²) < 4.78 is 14.0. The molecule has 0 aliphatic carbocycles. The molecule has 2 aromatic heterocycles. The average molecular weight is 517 g/mol. The van der Waals surface area contributed by atoms with Gasteiger partial charge in [0.05, 0.1) is 35.2 Å². The van der Waals surface area contributed by atoms with E-state index in [1.165, 1.54) is 6.07 Å². The molecule has 0 spiro atoms. The van der Waals surface area contributed by atoms with Crippen molar-refractivity contribution in [3.05, 3.63) is 77.0 Å².